The number of nitrogens with one attached hydrogen (secondary N) is 1. The summed E-state index contributed by atoms with van der Waals surface area (Å²) in [5.74, 6) is -1.32. The molecule has 0 saturated carbocycles. The highest BCUT2D eigenvalue weighted by Crippen LogP contribution is 2.13. The van der Waals surface area contributed by atoms with E-state index in [-0.39, 0.29) is 24.2 Å². The molecule has 0 spiro atoms. The van der Waals surface area contributed by atoms with E-state index in [2.05, 4.69) is 15.4 Å². The lowest BCUT2D eigenvalue weighted by molar-refractivity contribution is 0.0691. The molecule has 7 nitrogen and oxygen atoms in total. The molecular weight excluding hydrogens is 292 g/mol. The largest absolute Gasteiger partial charge is 0.476 e. The Labute approximate surface area is 125 Å². The molecule has 112 valence electrons. The van der Waals surface area contributed by atoms with Gasteiger partial charge in [0.25, 0.3) is 5.91 Å². The van der Waals surface area contributed by atoms with Crippen molar-refractivity contribution in [3.63, 3.8) is 0 Å². The van der Waals surface area contributed by atoms with E-state index >= 15 is 0 Å². The van der Waals surface area contributed by atoms with Gasteiger partial charge in [0.05, 0.1) is 18.3 Å². The minimum atomic E-state index is -1.07. The third kappa shape index (κ3) is 3.27. The second kappa shape index (κ2) is 6.04. The SMILES string of the molecule is Cc1c(C(=O)NCc2nc(C(=O)O)cs2)cnn1C(C)C. The summed E-state index contributed by atoms with van der Waals surface area (Å²) in [5, 5.41) is 17.7. The zero-order valence-corrected chi connectivity index (χ0v) is 12.8. The first-order valence-corrected chi connectivity index (χ1v) is 7.28. The van der Waals surface area contributed by atoms with Crippen molar-refractivity contribution in [3.8, 4) is 0 Å². The molecule has 2 heterocycles. The fraction of sp³-hybridized carbons (Fsp3) is 0.385. The average Bonchev–Trinajstić information content (AvgIpc) is 3.02. The number of carbonyl (C=O) groups is 2. The van der Waals surface area contributed by atoms with Crippen LogP contribution in [0.2, 0.25) is 0 Å². The highest BCUT2D eigenvalue weighted by Gasteiger charge is 2.16. The Morgan fingerprint density at radius 2 is 2.19 bits per heavy atom. The lowest BCUT2D eigenvalue weighted by Crippen LogP contribution is -2.23. The predicted octanol–water partition coefficient (Wildman–Crippen LogP) is 1.86. The van der Waals surface area contributed by atoms with Crippen LogP contribution < -0.4 is 5.32 Å². The van der Waals surface area contributed by atoms with Gasteiger partial charge >= 0.3 is 5.97 Å². The maximum Gasteiger partial charge on any atom is 0.355 e. The molecule has 0 aliphatic rings. The monoisotopic (exact) mass is 308 g/mol. The highest BCUT2D eigenvalue weighted by atomic mass is 32.1. The minimum absolute atomic E-state index is 0.00643. The summed E-state index contributed by atoms with van der Waals surface area (Å²) in [6.07, 6.45) is 1.54. The number of hydrogen-bond acceptors (Lipinski definition) is 5. The molecule has 1 amide bonds. The van der Waals surface area contributed by atoms with Gasteiger partial charge in [0, 0.05) is 17.1 Å². The molecule has 0 saturated heterocycles. The standard InChI is InChI=1S/C13H16N4O3S/c1-7(2)17-8(3)9(4-15-17)12(18)14-5-11-16-10(6-21-11)13(19)20/h4,6-7H,5H2,1-3H3,(H,14,18)(H,19,20). The summed E-state index contributed by atoms with van der Waals surface area (Å²) < 4.78 is 1.78. The summed E-state index contributed by atoms with van der Waals surface area (Å²) in [6, 6.07) is 0.184. The normalized spacial score (nSPS) is 10.9. The van der Waals surface area contributed by atoms with Crippen LogP contribution in [0.5, 0.6) is 0 Å². The maximum absolute atomic E-state index is 12.1. The molecule has 0 aliphatic carbocycles. The van der Waals surface area contributed by atoms with Crippen LogP contribution >= 0.6 is 11.3 Å². The fourth-order valence-electron chi connectivity index (χ4n) is 1.91. The maximum atomic E-state index is 12.1. The van der Waals surface area contributed by atoms with E-state index in [1.807, 2.05) is 20.8 Å². The molecule has 2 aromatic heterocycles. The zero-order chi connectivity index (χ0) is 15.6. The molecule has 2 aromatic rings. The van der Waals surface area contributed by atoms with E-state index in [4.69, 9.17) is 5.11 Å². The van der Waals surface area contributed by atoms with Gasteiger partial charge in [-0.15, -0.1) is 11.3 Å². The molecule has 0 atom stereocenters. The van der Waals surface area contributed by atoms with E-state index in [9.17, 15) is 9.59 Å². The number of amides is 1. The first-order valence-electron chi connectivity index (χ1n) is 6.40. The quantitative estimate of drug-likeness (QED) is 0.878. The minimum Gasteiger partial charge on any atom is -0.476 e. The topological polar surface area (TPSA) is 97.1 Å². The van der Waals surface area contributed by atoms with Crippen LogP contribution in [0.1, 0.15) is 51.4 Å². The van der Waals surface area contributed by atoms with Crippen molar-refractivity contribution in [2.75, 3.05) is 0 Å². The number of carbonyl (C=O) groups excluding carboxylic acids is 1. The number of carboxylic acids is 1. The summed E-state index contributed by atoms with van der Waals surface area (Å²) in [4.78, 5) is 26.8. The number of hydrogen-bond donors (Lipinski definition) is 2. The van der Waals surface area contributed by atoms with Crippen molar-refractivity contribution in [3.05, 3.63) is 33.5 Å². The molecule has 21 heavy (non-hydrogen) atoms. The van der Waals surface area contributed by atoms with E-state index in [1.165, 1.54) is 22.9 Å². The number of thiazole rings is 1. The van der Waals surface area contributed by atoms with Crippen LogP contribution in [0.4, 0.5) is 0 Å². The van der Waals surface area contributed by atoms with Crippen LogP contribution in [0.15, 0.2) is 11.6 Å². The van der Waals surface area contributed by atoms with Gasteiger partial charge < -0.3 is 10.4 Å². The third-order valence-electron chi connectivity index (χ3n) is 2.95. The molecule has 0 radical (unpaired) electrons. The average molecular weight is 308 g/mol. The van der Waals surface area contributed by atoms with Gasteiger partial charge in [-0.25, -0.2) is 9.78 Å². The first kappa shape index (κ1) is 15.2. The van der Waals surface area contributed by atoms with E-state index in [0.717, 1.165) is 5.69 Å². The molecule has 0 bridgehead atoms. The Balaban J connectivity index is 2.03. The second-order valence-corrected chi connectivity index (χ2v) is 5.74. The summed E-state index contributed by atoms with van der Waals surface area (Å²) in [5.41, 5.74) is 1.31. The number of aromatic carboxylic acids is 1. The predicted molar refractivity (Wildman–Crippen MR) is 77.6 cm³/mol. The summed E-state index contributed by atoms with van der Waals surface area (Å²) in [6.45, 7) is 6.02. The summed E-state index contributed by atoms with van der Waals surface area (Å²) >= 11 is 1.20. The zero-order valence-electron chi connectivity index (χ0n) is 12.0. The molecule has 0 unspecified atom stereocenters. The molecule has 2 N–H and O–H groups in total. The van der Waals surface area contributed by atoms with Crippen molar-refractivity contribution in [2.45, 2.75) is 33.4 Å². The van der Waals surface area contributed by atoms with Crippen molar-refractivity contribution in [1.29, 1.82) is 0 Å². The molecule has 0 aliphatic heterocycles. The van der Waals surface area contributed by atoms with Crippen molar-refractivity contribution < 1.29 is 14.7 Å². The van der Waals surface area contributed by atoms with Crippen molar-refractivity contribution in [2.24, 2.45) is 0 Å². The first-order chi connectivity index (χ1) is 9.90. The Kier molecular flexibility index (Phi) is 4.37. The lowest BCUT2D eigenvalue weighted by atomic mass is 10.2. The molecular formula is C13H16N4O3S. The highest BCUT2D eigenvalue weighted by molar-refractivity contribution is 7.09. The Morgan fingerprint density at radius 1 is 1.48 bits per heavy atom. The van der Waals surface area contributed by atoms with Crippen molar-refractivity contribution >= 4 is 23.2 Å². The van der Waals surface area contributed by atoms with Crippen LogP contribution in [0.25, 0.3) is 0 Å². The molecule has 8 heteroatoms. The van der Waals surface area contributed by atoms with Crippen molar-refractivity contribution in [1.82, 2.24) is 20.1 Å². The summed E-state index contributed by atoms with van der Waals surface area (Å²) in [7, 11) is 0. The van der Waals surface area contributed by atoms with Gasteiger partial charge in [-0.2, -0.15) is 5.10 Å². The van der Waals surface area contributed by atoms with E-state index < -0.39 is 5.97 Å². The van der Waals surface area contributed by atoms with Gasteiger partial charge in [-0.3, -0.25) is 9.48 Å². The smallest absolute Gasteiger partial charge is 0.355 e. The van der Waals surface area contributed by atoms with Gasteiger partial charge in [0.15, 0.2) is 5.69 Å². The van der Waals surface area contributed by atoms with E-state index in [1.54, 1.807) is 4.68 Å². The number of aromatic nitrogens is 3. The molecule has 0 fully saturated rings. The Morgan fingerprint density at radius 3 is 2.71 bits per heavy atom. The lowest BCUT2D eigenvalue weighted by Gasteiger charge is -2.08. The number of rotatable bonds is 5. The van der Waals surface area contributed by atoms with Gasteiger partial charge in [-0.1, -0.05) is 0 Å². The van der Waals surface area contributed by atoms with Crippen LogP contribution in [0, 0.1) is 6.92 Å². The Bertz CT molecular complexity index is 675. The Hall–Kier alpha value is -2.22. The van der Waals surface area contributed by atoms with Gasteiger partial charge in [-0.05, 0) is 20.8 Å². The fourth-order valence-corrected chi connectivity index (χ4v) is 2.62. The van der Waals surface area contributed by atoms with E-state index in [0.29, 0.717) is 10.6 Å². The van der Waals surface area contributed by atoms with Crippen LogP contribution in [-0.4, -0.2) is 31.7 Å². The van der Waals surface area contributed by atoms with Crippen LogP contribution in [-0.2, 0) is 6.54 Å². The van der Waals surface area contributed by atoms with Gasteiger partial charge in [0.2, 0.25) is 0 Å². The molecule has 0 aromatic carbocycles. The second-order valence-electron chi connectivity index (χ2n) is 4.80. The van der Waals surface area contributed by atoms with Gasteiger partial charge in [0.1, 0.15) is 5.01 Å². The van der Waals surface area contributed by atoms with Crippen LogP contribution in [0.3, 0.4) is 0 Å². The third-order valence-corrected chi connectivity index (χ3v) is 3.80. The number of nitrogens with zero attached hydrogens (tertiary/aromatic N) is 3. The number of carboxylic acid groups (broad SMARTS) is 1. The molecule has 2 rings (SSSR count).